The van der Waals surface area contributed by atoms with E-state index in [1.54, 1.807) is 6.07 Å². The maximum absolute atomic E-state index is 13.4. The van der Waals surface area contributed by atoms with Crippen molar-refractivity contribution in [3.05, 3.63) is 29.6 Å². The molecule has 0 bridgehead atoms. The van der Waals surface area contributed by atoms with E-state index in [4.69, 9.17) is 9.84 Å². The van der Waals surface area contributed by atoms with E-state index in [2.05, 4.69) is 10.6 Å². The zero-order valence-electron chi connectivity index (χ0n) is 11.1. The normalized spacial score (nSPS) is 9.90. The molecule has 20 heavy (non-hydrogen) atoms. The molecule has 0 heterocycles. The number of amides is 2. The van der Waals surface area contributed by atoms with Crippen LogP contribution in [-0.4, -0.2) is 30.8 Å². The standard InChI is InChI=1S/C13H17FN2O4/c1-20-11-5-4-9(7-10(11)14)8-16-13(19)15-6-2-3-12(17)18/h4-5,7H,2-3,6,8H2,1H3,(H,17,18)(H2,15,16,19). The lowest BCUT2D eigenvalue weighted by atomic mass is 10.2. The Morgan fingerprint density at radius 3 is 2.70 bits per heavy atom. The van der Waals surface area contributed by atoms with Crippen LogP contribution in [0.5, 0.6) is 5.75 Å². The van der Waals surface area contributed by atoms with Crippen LogP contribution >= 0.6 is 0 Å². The van der Waals surface area contributed by atoms with E-state index in [0.29, 0.717) is 12.0 Å². The van der Waals surface area contributed by atoms with E-state index in [-0.39, 0.29) is 25.3 Å². The minimum absolute atomic E-state index is 0.00394. The van der Waals surface area contributed by atoms with E-state index in [1.165, 1.54) is 19.2 Å². The van der Waals surface area contributed by atoms with Gasteiger partial charge in [-0.15, -0.1) is 0 Å². The topological polar surface area (TPSA) is 87.7 Å². The van der Waals surface area contributed by atoms with Crippen molar-refractivity contribution in [3.63, 3.8) is 0 Å². The number of carbonyl (C=O) groups is 2. The van der Waals surface area contributed by atoms with E-state index < -0.39 is 17.8 Å². The van der Waals surface area contributed by atoms with Crippen molar-refractivity contribution in [3.8, 4) is 5.75 Å². The second-order valence-electron chi connectivity index (χ2n) is 4.08. The summed E-state index contributed by atoms with van der Waals surface area (Å²) in [4.78, 5) is 21.6. The predicted octanol–water partition coefficient (Wildman–Crippen LogP) is 1.50. The molecule has 0 unspecified atom stereocenters. The molecule has 7 heteroatoms. The number of rotatable bonds is 7. The number of ether oxygens (including phenoxy) is 1. The van der Waals surface area contributed by atoms with Gasteiger partial charge in [-0.1, -0.05) is 6.07 Å². The van der Waals surface area contributed by atoms with Crippen LogP contribution in [0.4, 0.5) is 9.18 Å². The Hall–Kier alpha value is -2.31. The van der Waals surface area contributed by atoms with Gasteiger partial charge in [-0.3, -0.25) is 4.79 Å². The summed E-state index contributed by atoms with van der Waals surface area (Å²) in [5.74, 6) is -1.25. The van der Waals surface area contributed by atoms with Gasteiger partial charge >= 0.3 is 12.0 Å². The maximum Gasteiger partial charge on any atom is 0.315 e. The van der Waals surface area contributed by atoms with E-state index >= 15 is 0 Å². The Morgan fingerprint density at radius 1 is 1.35 bits per heavy atom. The summed E-state index contributed by atoms with van der Waals surface area (Å²) in [7, 11) is 1.38. The molecule has 1 aromatic rings. The molecule has 0 aliphatic heterocycles. The second kappa shape index (κ2) is 7.98. The average molecular weight is 284 g/mol. The molecule has 0 saturated carbocycles. The van der Waals surface area contributed by atoms with Crippen LogP contribution in [0, 0.1) is 5.82 Å². The zero-order valence-corrected chi connectivity index (χ0v) is 11.1. The quantitative estimate of drug-likeness (QED) is 0.662. The molecule has 0 spiro atoms. The Morgan fingerprint density at radius 2 is 2.10 bits per heavy atom. The van der Waals surface area contributed by atoms with Gasteiger partial charge in [0.15, 0.2) is 11.6 Å². The van der Waals surface area contributed by atoms with Gasteiger partial charge in [0.2, 0.25) is 0 Å². The number of carbonyl (C=O) groups excluding carboxylic acids is 1. The zero-order chi connectivity index (χ0) is 15.0. The highest BCUT2D eigenvalue weighted by molar-refractivity contribution is 5.73. The van der Waals surface area contributed by atoms with Crippen LogP contribution in [0.1, 0.15) is 18.4 Å². The van der Waals surface area contributed by atoms with Crippen molar-refractivity contribution < 1.29 is 23.8 Å². The van der Waals surface area contributed by atoms with E-state index in [9.17, 15) is 14.0 Å². The first kappa shape index (κ1) is 15.7. The molecule has 110 valence electrons. The van der Waals surface area contributed by atoms with Gasteiger partial charge in [0.25, 0.3) is 0 Å². The molecule has 0 atom stereocenters. The highest BCUT2D eigenvalue weighted by atomic mass is 19.1. The van der Waals surface area contributed by atoms with Gasteiger partial charge in [-0.25, -0.2) is 9.18 Å². The lowest BCUT2D eigenvalue weighted by Crippen LogP contribution is -2.35. The highest BCUT2D eigenvalue weighted by Crippen LogP contribution is 2.17. The number of carboxylic acid groups (broad SMARTS) is 1. The summed E-state index contributed by atoms with van der Waals surface area (Å²) >= 11 is 0. The van der Waals surface area contributed by atoms with Crippen molar-refractivity contribution in [2.75, 3.05) is 13.7 Å². The minimum atomic E-state index is -0.902. The molecule has 0 aliphatic carbocycles. The molecule has 6 nitrogen and oxygen atoms in total. The molecule has 1 aromatic carbocycles. The summed E-state index contributed by atoms with van der Waals surface area (Å²) < 4.78 is 18.2. The number of carboxylic acids is 1. The number of aliphatic carboxylic acids is 1. The third kappa shape index (κ3) is 5.55. The van der Waals surface area contributed by atoms with Crippen molar-refractivity contribution in [2.24, 2.45) is 0 Å². The first-order valence-corrected chi connectivity index (χ1v) is 6.09. The van der Waals surface area contributed by atoms with E-state index in [1.807, 2.05) is 0 Å². The minimum Gasteiger partial charge on any atom is -0.494 e. The summed E-state index contributed by atoms with van der Waals surface area (Å²) in [5.41, 5.74) is 0.601. The number of methoxy groups -OCH3 is 1. The highest BCUT2D eigenvalue weighted by Gasteiger charge is 2.05. The smallest absolute Gasteiger partial charge is 0.315 e. The third-order valence-corrected chi connectivity index (χ3v) is 2.52. The summed E-state index contributed by atoms with van der Waals surface area (Å²) in [5, 5.41) is 13.5. The summed E-state index contributed by atoms with van der Waals surface area (Å²) in [6.07, 6.45) is 0.365. The number of urea groups is 1. The monoisotopic (exact) mass is 284 g/mol. The fraction of sp³-hybridized carbons (Fsp3) is 0.385. The SMILES string of the molecule is COc1ccc(CNC(=O)NCCCC(=O)O)cc1F. The van der Waals surface area contributed by atoms with Crippen LogP contribution in [0.15, 0.2) is 18.2 Å². The van der Waals surface area contributed by atoms with Crippen LogP contribution in [-0.2, 0) is 11.3 Å². The maximum atomic E-state index is 13.4. The average Bonchev–Trinajstić information content (AvgIpc) is 2.41. The van der Waals surface area contributed by atoms with Gasteiger partial charge in [0, 0.05) is 19.5 Å². The van der Waals surface area contributed by atoms with Crippen LogP contribution in [0.25, 0.3) is 0 Å². The number of benzene rings is 1. The number of hydrogen-bond donors (Lipinski definition) is 3. The Kier molecular flexibility index (Phi) is 6.28. The molecule has 0 aliphatic rings. The molecule has 0 aromatic heterocycles. The van der Waals surface area contributed by atoms with Crippen molar-refractivity contribution in [1.82, 2.24) is 10.6 Å². The van der Waals surface area contributed by atoms with Crippen molar-refractivity contribution in [2.45, 2.75) is 19.4 Å². The predicted molar refractivity (Wildman–Crippen MR) is 70.1 cm³/mol. The summed E-state index contributed by atoms with van der Waals surface area (Å²) in [6.45, 7) is 0.445. The van der Waals surface area contributed by atoms with Gasteiger partial charge in [-0.05, 0) is 24.1 Å². The van der Waals surface area contributed by atoms with Crippen LogP contribution in [0.2, 0.25) is 0 Å². The van der Waals surface area contributed by atoms with Crippen LogP contribution in [0.3, 0.4) is 0 Å². The Balaban J connectivity index is 2.30. The third-order valence-electron chi connectivity index (χ3n) is 2.52. The molecule has 0 fully saturated rings. The fourth-order valence-electron chi connectivity index (χ4n) is 1.51. The van der Waals surface area contributed by atoms with Gasteiger partial charge < -0.3 is 20.5 Å². The van der Waals surface area contributed by atoms with Crippen LogP contribution < -0.4 is 15.4 Å². The molecular formula is C13H17FN2O4. The number of hydrogen-bond acceptors (Lipinski definition) is 3. The van der Waals surface area contributed by atoms with Gasteiger partial charge in [0.05, 0.1) is 7.11 Å². The first-order chi connectivity index (χ1) is 9.52. The fourth-order valence-corrected chi connectivity index (χ4v) is 1.51. The van der Waals surface area contributed by atoms with Gasteiger partial charge in [-0.2, -0.15) is 0 Å². The first-order valence-electron chi connectivity index (χ1n) is 6.09. The molecular weight excluding hydrogens is 267 g/mol. The largest absolute Gasteiger partial charge is 0.494 e. The van der Waals surface area contributed by atoms with E-state index in [0.717, 1.165) is 0 Å². The molecule has 0 radical (unpaired) electrons. The van der Waals surface area contributed by atoms with Crippen molar-refractivity contribution >= 4 is 12.0 Å². The van der Waals surface area contributed by atoms with Crippen molar-refractivity contribution in [1.29, 1.82) is 0 Å². The molecule has 1 rings (SSSR count). The molecule has 2 amide bonds. The molecule has 0 saturated heterocycles. The second-order valence-corrected chi connectivity index (χ2v) is 4.08. The Labute approximate surface area is 115 Å². The number of nitrogens with one attached hydrogen (secondary N) is 2. The lowest BCUT2D eigenvalue weighted by molar-refractivity contribution is -0.137. The summed E-state index contributed by atoms with van der Waals surface area (Å²) in [6, 6.07) is 3.99. The lowest BCUT2D eigenvalue weighted by Gasteiger charge is -2.08. The number of halogens is 1. The molecule has 3 N–H and O–H groups in total. The van der Waals surface area contributed by atoms with Gasteiger partial charge in [0.1, 0.15) is 0 Å². The Bertz CT molecular complexity index is 479.